The summed E-state index contributed by atoms with van der Waals surface area (Å²) in [4.78, 5) is 4.20. The molecule has 1 heterocycles. The molecule has 1 saturated heterocycles. The molecule has 1 atom stereocenters. The number of nitrogens with zero attached hydrogens (tertiary/aromatic N) is 1. The maximum absolute atomic E-state index is 6.13. The van der Waals surface area contributed by atoms with Gasteiger partial charge in [-0.15, -0.1) is 0 Å². The zero-order valence-electron chi connectivity index (χ0n) is 13.0. The van der Waals surface area contributed by atoms with Crippen LogP contribution in [0.4, 0.5) is 0 Å². The Morgan fingerprint density at radius 2 is 2.27 bits per heavy atom. The van der Waals surface area contributed by atoms with Crippen LogP contribution in [0.25, 0.3) is 0 Å². The lowest BCUT2D eigenvalue weighted by molar-refractivity contribution is 0.0420. The highest BCUT2D eigenvalue weighted by atomic mass is 35.5. The molecule has 22 heavy (non-hydrogen) atoms. The van der Waals surface area contributed by atoms with Crippen LogP contribution in [0.15, 0.2) is 29.3 Å². The largest absolute Gasteiger partial charge is 0.379 e. The molecule has 0 aromatic heterocycles. The van der Waals surface area contributed by atoms with Crippen LogP contribution in [0.2, 0.25) is 5.02 Å². The van der Waals surface area contributed by atoms with Gasteiger partial charge in [-0.3, -0.25) is 4.99 Å². The molecule has 1 aromatic carbocycles. The highest BCUT2D eigenvalue weighted by Gasteiger charge is 2.15. The molecular weight excluding hydrogens is 302 g/mol. The molecule has 2 rings (SSSR count). The van der Waals surface area contributed by atoms with Crippen LogP contribution in [0.3, 0.4) is 0 Å². The predicted molar refractivity (Wildman–Crippen MR) is 89.4 cm³/mol. The molecule has 2 N–H and O–H groups in total. The first-order valence-corrected chi connectivity index (χ1v) is 8.04. The van der Waals surface area contributed by atoms with Crippen LogP contribution in [0.5, 0.6) is 0 Å². The van der Waals surface area contributed by atoms with Gasteiger partial charge in [0.2, 0.25) is 0 Å². The van der Waals surface area contributed by atoms with E-state index < -0.39 is 0 Å². The second kappa shape index (κ2) is 9.66. The maximum atomic E-state index is 6.13. The van der Waals surface area contributed by atoms with E-state index in [-0.39, 0.29) is 6.10 Å². The van der Waals surface area contributed by atoms with Gasteiger partial charge in [0.25, 0.3) is 0 Å². The number of halogens is 1. The Morgan fingerprint density at radius 1 is 1.41 bits per heavy atom. The molecule has 1 aromatic rings. The van der Waals surface area contributed by atoms with Crippen molar-refractivity contribution in [1.29, 1.82) is 0 Å². The SMILES string of the molecule is CN=C(NCCCOC1CCOC1)NCc1ccccc1Cl. The molecular formula is C16H24ClN3O2. The molecule has 6 heteroatoms. The van der Waals surface area contributed by atoms with Crippen LogP contribution in [0.1, 0.15) is 18.4 Å². The Bertz CT molecular complexity index is 476. The molecule has 1 aliphatic heterocycles. The van der Waals surface area contributed by atoms with Crippen LogP contribution < -0.4 is 10.6 Å². The third-order valence-corrected chi connectivity index (χ3v) is 3.85. The number of benzene rings is 1. The topological polar surface area (TPSA) is 54.9 Å². The molecule has 0 aliphatic carbocycles. The van der Waals surface area contributed by atoms with E-state index in [0.29, 0.717) is 6.54 Å². The number of rotatable bonds is 7. The molecule has 1 unspecified atom stereocenters. The van der Waals surface area contributed by atoms with Crippen molar-refractivity contribution in [2.24, 2.45) is 4.99 Å². The zero-order valence-corrected chi connectivity index (χ0v) is 13.7. The van der Waals surface area contributed by atoms with Crippen LogP contribution in [-0.2, 0) is 16.0 Å². The summed E-state index contributed by atoms with van der Waals surface area (Å²) in [5.74, 6) is 0.768. The maximum Gasteiger partial charge on any atom is 0.191 e. The van der Waals surface area contributed by atoms with Gasteiger partial charge >= 0.3 is 0 Å². The van der Waals surface area contributed by atoms with Gasteiger partial charge in [-0.1, -0.05) is 29.8 Å². The summed E-state index contributed by atoms with van der Waals surface area (Å²) in [6, 6.07) is 7.79. The van der Waals surface area contributed by atoms with E-state index in [1.165, 1.54) is 0 Å². The summed E-state index contributed by atoms with van der Waals surface area (Å²) in [7, 11) is 1.76. The molecule has 5 nitrogen and oxygen atoms in total. The monoisotopic (exact) mass is 325 g/mol. The van der Waals surface area contributed by atoms with Crippen molar-refractivity contribution in [3.8, 4) is 0 Å². The Kier molecular flexibility index (Phi) is 7.49. The lowest BCUT2D eigenvalue weighted by atomic mass is 10.2. The molecule has 1 fully saturated rings. The standard InChI is InChI=1S/C16H24ClN3O2/c1-18-16(20-11-13-5-2-3-6-15(13)17)19-8-4-9-22-14-7-10-21-12-14/h2-3,5-6,14H,4,7-12H2,1H3,(H2,18,19,20). The highest BCUT2D eigenvalue weighted by Crippen LogP contribution is 2.14. The Morgan fingerprint density at radius 3 is 3.00 bits per heavy atom. The zero-order chi connectivity index (χ0) is 15.6. The van der Waals surface area contributed by atoms with Gasteiger partial charge in [0.15, 0.2) is 5.96 Å². The molecule has 0 spiro atoms. The number of hydrogen-bond donors (Lipinski definition) is 2. The van der Waals surface area contributed by atoms with Crippen LogP contribution >= 0.6 is 11.6 Å². The van der Waals surface area contributed by atoms with Gasteiger partial charge in [0.1, 0.15) is 0 Å². The third-order valence-electron chi connectivity index (χ3n) is 3.48. The van der Waals surface area contributed by atoms with Crippen molar-refractivity contribution in [3.63, 3.8) is 0 Å². The lowest BCUT2D eigenvalue weighted by Gasteiger charge is -2.13. The first-order valence-electron chi connectivity index (χ1n) is 7.67. The quantitative estimate of drug-likeness (QED) is 0.458. The summed E-state index contributed by atoms with van der Waals surface area (Å²) in [6.45, 7) is 3.75. The predicted octanol–water partition coefficient (Wildman–Crippen LogP) is 2.20. The van der Waals surface area contributed by atoms with E-state index in [4.69, 9.17) is 21.1 Å². The van der Waals surface area contributed by atoms with Gasteiger partial charge in [0, 0.05) is 38.4 Å². The number of ether oxygens (including phenoxy) is 2. The molecule has 122 valence electrons. The number of aliphatic imine (C=N–C) groups is 1. The summed E-state index contributed by atoms with van der Waals surface area (Å²) in [5.41, 5.74) is 1.05. The summed E-state index contributed by atoms with van der Waals surface area (Å²) in [5, 5.41) is 7.28. The van der Waals surface area contributed by atoms with Gasteiger partial charge in [0.05, 0.1) is 12.7 Å². The fourth-order valence-electron chi connectivity index (χ4n) is 2.21. The fraction of sp³-hybridized carbons (Fsp3) is 0.562. The van der Waals surface area contributed by atoms with Gasteiger partial charge in [-0.05, 0) is 24.5 Å². The minimum Gasteiger partial charge on any atom is -0.379 e. The normalized spacial score (nSPS) is 18.5. The Labute approximate surface area is 137 Å². The average molecular weight is 326 g/mol. The molecule has 0 saturated carbocycles. The number of nitrogens with one attached hydrogen (secondary N) is 2. The minimum absolute atomic E-state index is 0.276. The van der Waals surface area contributed by atoms with E-state index in [1.807, 2.05) is 24.3 Å². The fourth-order valence-corrected chi connectivity index (χ4v) is 2.42. The van der Waals surface area contributed by atoms with Gasteiger partial charge < -0.3 is 20.1 Å². The smallest absolute Gasteiger partial charge is 0.191 e. The van der Waals surface area contributed by atoms with Crippen LogP contribution in [0, 0.1) is 0 Å². The van der Waals surface area contributed by atoms with Crippen molar-refractivity contribution in [1.82, 2.24) is 10.6 Å². The summed E-state index contributed by atoms with van der Waals surface area (Å²) >= 11 is 6.13. The number of hydrogen-bond acceptors (Lipinski definition) is 3. The Hall–Kier alpha value is -1.30. The first-order chi connectivity index (χ1) is 10.8. The van der Waals surface area contributed by atoms with Crippen molar-refractivity contribution >= 4 is 17.6 Å². The van der Waals surface area contributed by atoms with Gasteiger partial charge in [-0.25, -0.2) is 0 Å². The lowest BCUT2D eigenvalue weighted by Crippen LogP contribution is -2.37. The summed E-state index contributed by atoms with van der Waals surface area (Å²) in [6.07, 6.45) is 2.22. The average Bonchev–Trinajstić information content (AvgIpc) is 3.05. The summed E-state index contributed by atoms with van der Waals surface area (Å²) < 4.78 is 11.0. The molecule has 1 aliphatic rings. The minimum atomic E-state index is 0.276. The first kappa shape index (κ1) is 17.1. The van der Waals surface area contributed by atoms with Crippen molar-refractivity contribution in [3.05, 3.63) is 34.9 Å². The second-order valence-corrected chi connectivity index (χ2v) is 5.56. The van der Waals surface area contributed by atoms with Crippen molar-refractivity contribution in [2.75, 3.05) is 33.4 Å². The highest BCUT2D eigenvalue weighted by molar-refractivity contribution is 6.31. The van der Waals surface area contributed by atoms with E-state index in [1.54, 1.807) is 7.05 Å². The third kappa shape index (κ3) is 5.83. The second-order valence-electron chi connectivity index (χ2n) is 5.15. The molecule has 0 amide bonds. The van der Waals surface area contributed by atoms with E-state index in [2.05, 4.69) is 15.6 Å². The van der Waals surface area contributed by atoms with Crippen molar-refractivity contribution in [2.45, 2.75) is 25.5 Å². The van der Waals surface area contributed by atoms with E-state index >= 15 is 0 Å². The van der Waals surface area contributed by atoms with Gasteiger partial charge in [-0.2, -0.15) is 0 Å². The van der Waals surface area contributed by atoms with E-state index in [9.17, 15) is 0 Å². The Balaban J connectivity index is 1.60. The van der Waals surface area contributed by atoms with Crippen molar-refractivity contribution < 1.29 is 9.47 Å². The van der Waals surface area contributed by atoms with Crippen LogP contribution in [-0.4, -0.2) is 45.5 Å². The molecule has 0 radical (unpaired) electrons. The molecule has 0 bridgehead atoms. The van der Waals surface area contributed by atoms with E-state index in [0.717, 1.165) is 55.8 Å². The number of guanidine groups is 1.